The van der Waals surface area contributed by atoms with Crippen LogP contribution in [0.2, 0.25) is 0 Å². The van der Waals surface area contributed by atoms with Gasteiger partial charge in [-0.1, -0.05) is 19.4 Å². The zero-order valence-corrected chi connectivity index (χ0v) is 7.18. The van der Waals surface area contributed by atoms with E-state index in [-0.39, 0.29) is 0 Å². The lowest BCUT2D eigenvalue weighted by Crippen LogP contribution is -1.99. The molecule has 1 nitrogen and oxygen atoms in total. The van der Waals surface area contributed by atoms with Gasteiger partial charge in [-0.15, -0.1) is 0 Å². The van der Waals surface area contributed by atoms with E-state index in [1.807, 2.05) is 0 Å². The van der Waals surface area contributed by atoms with Crippen molar-refractivity contribution in [1.29, 1.82) is 0 Å². The molecule has 0 fully saturated rings. The molecule has 1 unspecified atom stereocenters. The largest absolute Gasteiger partial charge is 0.298 e. The molecule has 0 saturated carbocycles. The zero-order chi connectivity index (χ0) is 8.10. The number of carbonyl (C=O) groups excluding carboxylic acids is 1. The van der Waals surface area contributed by atoms with Crippen LogP contribution in [0.1, 0.15) is 39.0 Å². The van der Waals surface area contributed by atoms with E-state index in [9.17, 15) is 4.79 Å². The second-order valence-corrected chi connectivity index (χ2v) is 3.47. The van der Waals surface area contributed by atoms with Crippen LogP contribution in [0.4, 0.5) is 0 Å². The molecule has 0 bridgehead atoms. The first-order chi connectivity index (χ1) is 5.33. The van der Waals surface area contributed by atoms with Gasteiger partial charge in [-0.2, -0.15) is 0 Å². The Morgan fingerprint density at radius 3 is 3.09 bits per heavy atom. The highest BCUT2D eigenvalue weighted by atomic mass is 16.1. The molecule has 1 atom stereocenters. The number of hydrogen-bond donors (Lipinski definition) is 0. The SMILES string of the molecule is CC1CCC=C(C=O)CCC1. The van der Waals surface area contributed by atoms with Gasteiger partial charge in [-0.25, -0.2) is 0 Å². The molecular formula is C10H16O. The minimum atomic E-state index is 0.847. The maximum atomic E-state index is 10.4. The van der Waals surface area contributed by atoms with Crippen molar-refractivity contribution in [2.24, 2.45) is 5.92 Å². The van der Waals surface area contributed by atoms with Gasteiger partial charge in [0, 0.05) is 0 Å². The average Bonchev–Trinajstić information content (AvgIpc) is 1.96. The van der Waals surface area contributed by atoms with E-state index in [1.165, 1.54) is 19.3 Å². The van der Waals surface area contributed by atoms with Crippen LogP contribution in [0.25, 0.3) is 0 Å². The molecule has 0 amide bonds. The Balaban J connectivity index is 2.46. The van der Waals surface area contributed by atoms with E-state index in [4.69, 9.17) is 0 Å². The monoisotopic (exact) mass is 152 g/mol. The molecule has 0 heterocycles. The summed E-state index contributed by atoms with van der Waals surface area (Å²) in [4.78, 5) is 10.4. The molecule has 1 rings (SSSR count). The van der Waals surface area contributed by atoms with Crippen LogP contribution in [0.15, 0.2) is 11.6 Å². The van der Waals surface area contributed by atoms with Crippen molar-refractivity contribution < 1.29 is 4.79 Å². The summed E-state index contributed by atoms with van der Waals surface area (Å²) in [6, 6.07) is 0. The van der Waals surface area contributed by atoms with Gasteiger partial charge in [-0.05, 0) is 37.2 Å². The minimum absolute atomic E-state index is 0.847. The second kappa shape index (κ2) is 4.32. The molecular weight excluding hydrogens is 136 g/mol. The summed E-state index contributed by atoms with van der Waals surface area (Å²) >= 11 is 0. The van der Waals surface area contributed by atoms with E-state index in [0.717, 1.165) is 30.6 Å². The van der Waals surface area contributed by atoms with Gasteiger partial charge in [0.1, 0.15) is 6.29 Å². The Kier molecular flexibility index (Phi) is 3.34. The van der Waals surface area contributed by atoms with Crippen LogP contribution in [0, 0.1) is 5.92 Å². The molecule has 11 heavy (non-hydrogen) atoms. The zero-order valence-electron chi connectivity index (χ0n) is 7.18. The summed E-state index contributed by atoms with van der Waals surface area (Å²) in [6.45, 7) is 2.29. The van der Waals surface area contributed by atoms with Gasteiger partial charge in [-0.3, -0.25) is 4.79 Å². The molecule has 0 saturated heterocycles. The molecule has 0 spiro atoms. The van der Waals surface area contributed by atoms with Crippen molar-refractivity contribution in [1.82, 2.24) is 0 Å². The third-order valence-electron chi connectivity index (χ3n) is 2.38. The van der Waals surface area contributed by atoms with Crippen LogP contribution in [0.5, 0.6) is 0 Å². The predicted molar refractivity (Wildman–Crippen MR) is 46.4 cm³/mol. The van der Waals surface area contributed by atoms with Gasteiger partial charge in [0.25, 0.3) is 0 Å². The van der Waals surface area contributed by atoms with Crippen molar-refractivity contribution in [2.45, 2.75) is 39.0 Å². The lowest BCUT2D eigenvalue weighted by atomic mass is 9.93. The van der Waals surface area contributed by atoms with Gasteiger partial charge >= 0.3 is 0 Å². The first kappa shape index (κ1) is 8.51. The molecule has 1 aliphatic carbocycles. The van der Waals surface area contributed by atoms with Crippen LogP contribution in [-0.4, -0.2) is 6.29 Å². The molecule has 0 aromatic rings. The number of allylic oxidation sites excluding steroid dienone is 2. The average molecular weight is 152 g/mol. The Labute approximate surface area is 68.5 Å². The third kappa shape index (κ3) is 2.87. The molecule has 0 radical (unpaired) electrons. The van der Waals surface area contributed by atoms with Crippen LogP contribution in [-0.2, 0) is 4.79 Å². The molecule has 0 N–H and O–H groups in total. The first-order valence-corrected chi connectivity index (χ1v) is 4.47. The van der Waals surface area contributed by atoms with E-state index in [0.29, 0.717) is 0 Å². The topological polar surface area (TPSA) is 17.1 Å². The van der Waals surface area contributed by atoms with Crippen molar-refractivity contribution in [3.05, 3.63) is 11.6 Å². The van der Waals surface area contributed by atoms with Crippen molar-refractivity contribution in [2.75, 3.05) is 0 Å². The van der Waals surface area contributed by atoms with E-state index in [2.05, 4.69) is 13.0 Å². The van der Waals surface area contributed by atoms with Crippen LogP contribution >= 0.6 is 0 Å². The summed E-state index contributed by atoms with van der Waals surface area (Å²) in [5.41, 5.74) is 1.01. The van der Waals surface area contributed by atoms with Gasteiger partial charge < -0.3 is 0 Å². The minimum Gasteiger partial charge on any atom is -0.298 e. The standard InChI is InChI=1S/C10H16O/c1-9-4-2-6-10(8-11)7-3-5-9/h6,8-9H,2-5,7H2,1H3. The van der Waals surface area contributed by atoms with E-state index < -0.39 is 0 Å². The van der Waals surface area contributed by atoms with Crippen molar-refractivity contribution >= 4 is 6.29 Å². The number of hydrogen-bond acceptors (Lipinski definition) is 1. The number of rotatable bonds is 1. The molecule has 1 heteroatoms. The van der Waals surface area contributed by atoms with Gasteiger partial charge in [0.05, 0.1) is 0 Å². The fourth-order valence-electron chi connectivity index (χ4n) is 1.56. The Hall–Kier alpha value is -0.590. The highest BCUT2D eigenvalue weighted by Crippen LogP contribution is 2.20. The van der Waals surface area contributed by atoms with Crippen LogP contribution < -0.4 is 0 Å². The highest BCUT2D eigenvalue weighted by Gasteiger charge is 2.05. The van der Waals surface area contributed by atoms with Crippen molar-refractivity contribution in [3.8, 4) is 0 Å². The highest BCUT2D eigenvalue weighted by molar-refractivity contribution is 5.72. The van der Waals surface area contributed by atoms with Crippen molar-refractivity contribution in [3.63, 3.8) is 0 Å². The summed E-state index contributed by atoms with van der Waals surface area (Å²) in [7, 11) is 0. The Morgan fingerprint density at radius 2 is 2.36 bits per heavy atom. The maximum Gasteiger partial charge on any atom is 0.145 e. The maximum absolute atomic E-state index is 10.4. The number of carbonyl (C=O) groups is 1. The molecule has 0 aromatic heterocycles. The predicted octanol–water partition coefficient (Wildman–Crippen LogP) is 2.71. The molecule has 0 aliphatic heterocycles. The second-order valence-electron chi connectivity index (χ2n) is 3.47. The summed E-state index contributed by atoms with van der Waals surface area (Å²) < 4.78 is 0. The Bertz CT molecular complexity index is 158. The smallest absolute Gasteiger partial charge is 0.145 e. The quantitative estimate of drug-likeness (QED) is 0.528. The molecule has 1 aliphatic rings. The molecule has 62 valence electrons. The molecule has 0 aromatic carbocycles. The van der Waals surface area contributed by atoms with Crippen LogP contribution in [0.3, 0.4) is 0 Å². The fraction of sp³-hybridized carbons (Fsp3) is 0.700. The van der Waals surface area contributed by atoms with Gasteiger partial charge in [0.15, 0.2) is 0 Å². The van der Waals surface area contributed by atoms with E-state index in [1.54, 1.807) is 0 Å². The summed E-state index contributed by atoms with van der Waals surface area (Å²) in [5, 5.41) is 0. The normalized spacial score (nSPS) is 26.6. The number of aldehydes is 1. The first-order valence-electron chi connectivity index (χ1n) is 4.47. The summed E-state index contributed by atoms with van der Waals surface area (Å²) in [6.07, 6.45) is 8.91. The van der Waals surface area contributed by atoms with Gasteiger partial charge in [0.2, 0.25) is 0 Å². The van der Waals surface area contributed by atoms with E-state index >= 15 is 0 Å². The fourth-order valence-corrected chi connectivity index (χ4v) is 1.56. The lowest BCUT2D eigenvalue weighted by molar-refractivity contribution is -0.105. The third-order valence-corrected chi connectivity index (χ3v) is 2.38. The Morgan fingerprint density at radius 1 is 1.55 bits per heavy atom. The summed E-state index contributed by atoms with van der Waals surface area (Å²) in [5.74, 6) is 0.847. The lowest BCUT2D eigenvalue weighted by Gasteiger charge is -2.12.